The van der Waals surface area contributed by atoms with E-state index in [4.69, 9.17) is 4.74 Å². The first-order valence-electron chi connectivity index (χ1n) is 6.39. The Morgan fingerprint density at radius 2 is 1.88 bits per heavy atom. The number of epoxide rings is 1. The van der Waals surface area contributed by atoms with Crippen LogP contribution in [0.25, 0.3) is 0 Å². The number of rotatable bonds is 2. The molecule has 1 saturated carbocycles. The van der Waals surface area contributed by atoms with Gasteiger partial charge in [-0.15, -0.1) is 0 Å². The van der Waals surface area contributed by atoms with Crippen LogP contribution in [-0.4, -0.2) is 11.2 Å². The van der Waals surface area contributed by atoms with Crippen LogP contribution in [0.5, 0.6) is 0 Å². The maximum atomic E-state index is 6.15. The Balaban J connectivity index is 2.27. The molecule has 1 nitrogen and oxygen atoms in total. The van der Waals surface area contributed by atoms with Gasteiger partial charge in [0.05, 0.1) is 5.60 Å². The molecule has 0 radical (unpaired) electrons. The molecule has 0 aromatic carbocycles. The third-order valence-corrected chi connectivity index (χ3v) is 4.63. The van der Waals surface area contributed by atoms with Crippen molar-refractivity contribution in [2.24, 2.45) is 5.41 Å². The molecule has 1 heteroatoms. The molecule has 1 saturated heterocycles. The van der Waals surface area contributed by atoms with Crippen LogP contribution in [-0.2, 0) is 4.74 Å². The molecule has 2 atom stereocenters. The first-order chi connectivity index (χ1) is 7.37. The molecule has 0 N–H and O–H groups in total. The summed E-state index contributed by atoms with van der Waals surface area (Å²) in [7, 11) is 0. The van der Waals surface area contributed by atoms with Gasteiger partial charge in [-0.25, -0.2) is 0 Å². The Bertz CT molecular complexity index is 350. The molecule has 2 unspecified atom stereocenters. The Labute approximate surface area is 99.6 Å². The maximum absolute atomic E-state index is 6.15. The van der Waals surface area contributed by atoms with Crippen LogP contribution in [0.4, 0.5) is 0 Å². The summed E-state index contributed by atoms with van der Waals surface area (Å²) in [6.07, 6.45) is 10.4. The van der Waals surface area contributed by atoms with Crippen molar-refractivity contribution in [2.45, 2.75) is 65.1 Å². The minimum atomic E-state index is -0.0114. The van der Waals surface area contributed by atoms with Crippen LogP contribution in [0.3, 0.4) is 0 Å². The summed E-state index contributed by atoms with van der Waals surface area (Å²) in [5.41, 5.74) is 1.67. The van der Waals surface area contributed by atoms with Gasteiger partial charge in [-0.2, -0.15) is 0 Å². The van der Waals surface area contributed by atoms with E-state index in [1.54, 1.807) is 0 Å². The number of hydrogen-bond acceptors (Lipinski definition) is 1. The summed E-state index contributed by atoms with van der Waals surface area (Å²) in [6.45, 7) is 11.2. The van der Waals surface area contributed by atoms with Gasteiger partial charge in [0.1, 0.15) is 5.60 Å². The highest BCUT2D eigenvalue weighted by atomic mass is 16.6. The molecule has 0 aromatic rings. The first-order valence-corrected chi connectivity index (χ1v) is 6.39. The average Bonchev–Trinajstić information content (AvgIpc) is 2.83. The molecule has 0 spiro atoms. The number of allylic oxidation sites excluding steroid dienone is 3. The van der Waals surface area contributed by atoms with Crippen molar-refractivity contribution in [3.05, 3.63) is 23.8 Å². The van der Waals surface area contributed by atoms with E-state index in [0.29, 0.717) is 0 Å². The lowest BCUT2D eigenvalue weighted by Crippen LogP contribution is -2.41. The van der Waals surface area contributed by atoms with Gasteiger partial charge in [0.2, 0.25) is 0 Å². The maximum Gasteiger partial charge on any atom is 0.121 e. The minimum Gasteiger partial charge on any atom is -0.358 e. The average molecular weight is 220 g/mol. The highest BCUT2D eigenvalue weighted by Gasteiger charge is 2.72. The second-order valence-corrected chi connectivity index (χ2v) is 6.17. The van der Waals surface area contributed by atoms with Gasteiger partial charge in [-0.3, -0.25) is 0 Å². The molecule has 0 aromatic heterocycles. The van der Waals surface area contributed by atoms with Gasteiger partial charge in [-0.1, -0.05) is 31.6 Å². The fourth-order valence-electron chi connectivity index (χ4n) is 3.25. The largest absolute Gasteiger partial charge is 0.358 e. The second-order valence-electron chi connectivity index (χ2n) is 6.17. The zero-order chi connectivity index (χ0) is 12.0. The zero-order valence-electron chi connectivity index (χ0n) is 11.3. The molecule has 1 heterocycles. The van der Waals surface area contributed by atoms with Crippen LogP contribution >= 0.6 is 0 Å². The SMILES string of the molecule is CC=C(C)C=CC12OC1(C)CCCC2(C)C. The molecule has 0 bridgehead atoms. The van der Waals surface area contributed by atoms with Gasteiger partial charge in [0, 0.05) is 5.41 Å². The number of hydrogen-bond donors (Lipinski definition) is 0. The molecule has 2 aliphatic rings. The normalized spacial score (nSPS) is 42.2. The smallest absolute Gasteiger partial charge is 0.121 e. The van der Waals surface area contributed by atoms with Crippen molar-refractivity contribution in [3.63, 3.8) is 0 Å². The summed E-state index contributed by atoms with van der Waals surface area (Å²) in [6, 6.07) is 0. The fraction of sp³-hybridized carbons (Fsp3) is 0.733. The summed E-state index contributed by atoms with van der Waals surface area (Å²) in [4.78, 5) is 0. The van der Waals surface area contributed by atoms with Gasteiger partial charge >= 0.3 is 0 Å². The van der Waals surface area contributed by atoms with E-state index in [1.165, 1.54) is 24.8 Å². The van der Waals surface area contributed by atoms with Crippen molar-refractivity contribution in [2.75, 3.05) is 0 Å². The van der Waals surface area contributed by atoms with E-state index in [2.05, 4.69) is 52.8 Å². The second kappa shape index (κ2) is 3.46. The number of fused-ring (bicyclic) bond motifs is 1. The molecule has 2 fully saturated rings. The van der Waals surface area contributed by atoms with Crippen LogP contribution in [0, 0.1) is 5.41 Å². The quantitative estimate of drug-likeness (QED) is 0.501. The Hall–Kier alpha value is -0.560. The van der Waals surface area contributed by atoms with E-state index in [1.807, 2.05) is 0 Å². The third kappa shape index (κ3) is 1.48. The molecule has 1 aliphatic carbocycles. The molecule has 0 amide bonds. The van der Waals surface area contributed by atoms with Crippen LogP contribution in [0.15, 0.2) is 23.8 Å². The predicted octanol–water partition coefficient (Wildman–Crippen LogP) is 4.25. The first kappa shape index (κ1) is 11.9. The Morgan fingerprint density at radius 3 is 2.44 bits per heavy atom. The lowest BCUT2D eigenvalue weighted by molar-refractivity contribution is 0.166. The molecule has 1 aliphatic heterocycles. The van der Waals surface area contributed by atoms with Crippen molar-refractivity contribution < 1.29 is 4.74 Å². The molecule has 90 valence electrons. The van der Waals surface area contributed by atoms with E-state index in [0.717, 1.165) is 0 Å². The predicted molar refractivity (Wildman–Crippen MR) is 68.4 cm³/mol. The van der Waals surface area contributed by atoms with Gasteiger partial charge in [0.15, 0.2) is 0 Å². The Morgan fingerprint density at radius 1 is 1.19 bits per heavy atom. The van der Waals surface area contributed by atoms with E-state index in [-0.39, 0.29) is 16.6 Å². The number of ether oxygens (including phenoxy) is 1. The lowest BCUT2D eigenvalue weighted by atomic mass is 9.64. The molecular formula is C15H24O. The summed E-state index contributed by atoms with van der Waals surface area (Å²) in [5.74, 6) is 0. The zero-order valence-corrected chi connectivity index (χ0v) is 11.3. The highest BCUT2D eigenvalue weighted by molar-refractivity contribution is 5.34. The summed E-state index contributed by atoms with van der Waals surface area (Å²) < 4.78 is 6.15. The molecule has 16 heavy (non-hydrogen) atoms. The summed E-state index contributed by atoms with van der Waals surface area (Å²) >= 11 is 0. The monoisotopic (exact) mass is 220 g/mol. The molecular weight excluding hydrogens is 196 g/mol. The van der Waals surface area contributed by atoms with E-state index < -0.39 is 0 Å². The van der Waals surface area contributed by atoms with Gasteiger partial charge < -0.3 is 4.74 Å². The minimum absolute atomic E-state index is 0.0114. The Kier molecular flexibility index (Phi) is 2.58. The van der Waals surface area contributed by atoms with Crippen molar-refractivity contribution in [1.82, 2.24) is 0 Å². The topological polar surface area (TPSA) is 12.5 Å². The third-order valence-electron chi connectivity index (χ3n) is 4.63. The lowest BCUT2D eigenvalue weighted by Gasteiger charge is -2.36. The fourth-order valence-corrected chi connectivity index (χ4v) is 3.25. The van der Waals surface area contributed by atoms with Crippen LogP contribution in [0.1, 0.15) is 53.9 Å². The van der Waals surface area contributed by atoms with Gasteiger partial charge in [0.25, 0.3) is 0 Å². The standard InChI is InChI=1S/C15H24O/c1-6-12(2)8-11-15-13(3,4)9-7-10-14(15,5)16-15/h6,8,11H,7,9-10H2,1-5H3. The summed E-state index contributed by atoms with van der Waals surface area (Å²) in [5, 5.41) is 0. The molecule has 2 rings (SSSR count). The van der Waals surface area contributed by atoms with Crippen molar-refractivity contribution in [3.8, 4) is 0 Å². The van der Waals surface area contributed by atoms with Crippen molar-refractivity contribution >= 4 is 0 Å². The van der Waals surface area contributed by atoms with E-state index >= 15 is 0 Å². The van der Waals surface area contributed by atoms with Crippen LogP contribution < -0.4 is 0 Å². The van der Waals surface area contributed by atoms with Crippen LogP contribution in [0.2, 0.25) is 0 Å². The van der Waals surface area contributed by atoms with E-state index in [9.17, 15) is 0 Å². The highest BCUT2D eigenvalue weighted by Crippen LogP contribution is 2.66. The van der Waals surface area contributed by atoms with Crippen molar-refractivity contribution in [1.29, 1.82) is 0 Å². The van der Waals surface area contributed by atoms with Gasteiger partial charge in [-0.05, 0) is 46.1 Å².